The van der Waals surface area contributed by atoms with Crippen LogP contribution in [0, 0.1) is 0 Å². The van der Waals surface area contributed by atoms with Crippen molar-refractivity contribution < 1.29 is 0 Å². The molecule has 3 nitrogen and oxygen atoms in total. The Morgan fingerprint density at radius 1 is 1.25 bits per heavy atom. The zero-order chi connectivity index (χ0) is 14.8. The van der Waals surface area contributed by atoms with E-state index in [1.807, 2.05) is 23.9 Å². The van der Waals surface area contributed by atoms with Crippen molar-refractivity contribution in [1.29, 1.82) is 0 Å². The Bertz CT molecular complexity index is 576. The van der Waals surface area contributed by atoms with E-state index in [1.54, 1.807) is 0 Å². The molecule has 0 unspecified atom stereocenters. The highest BCUT2D eigenvalue weighted by molar-refractivity contribution is 8.00. The lowest BCUT2D eigenvalue weighted by Crippen LogP contribution is -2.29. The van der Waals surface area contributed by atoms with Gasteiger partial charge in [0.1, 0.15) is 5.82 Å². The summed E-state index contributed by atoms with van der Waals surface area (Å²) in [6.45, 7) is 7.75. The third-order valence-corrected chi connectivity index (χ3v) is 5.91. The van der Waals surface area contributed by atoms with E-state index in [4.69, 9.17) is 10.7 Å². The zero-order valence-electron chi connectivity index (χ0n) is 12.9. The molecule has 0 bridgehead atoms. The number of rotatable bonds is 6. The van der Waals surface area contributed by atoms with Crippen LogP contribution in [0.4, 0.5) is 5.69 Å². The molecular formula is C16H25N3S. The van der Waals surface area contributed by atoms with Gasteiger partial charge in [0.05, 0.1) is 11.0 Å². The van der Waals surface area contributed by atoms with Gasteiger partial charge in [-0.05, 0) is 37.3 Å². The van der Waals surface area contributed by atoms with E-state index in [0.29, 0.717) is 4.75 Å². The van der Waals surface area contributed by atoms with E-state index in [1.165, 1.54) is 18.4 Å². The monoisotopic (exact) mass is 291 g/mol. The average Bonchev–Trinajstić information content (AvgIpc) is 2.81. The number of hydrogen-bond acceptors (Lipinski definition) is 3. The molecule has 0 saturated heterocycles. The summed E-state index contributed by atoms with van der Waals surface area (Å²) >= 11 is 1.97. The maximum Gasteiger partial charge on any atom is 0.109 e. The molecule has 0 amide bonds. The zero-order valence-corrected chi connectivity index (χ0v) is 13.8. The number of aryl methyl sites for hydroxylation is 1. The molecule has 20 heavy (non-hydrogen) atoms. The number of nitrogens with zero attached hydrogens (tertiary/aromatic N) is 2. The fraction of sp³-hybridized carbons (Fsp3) is 0.562. The number of nitrogens with two attached hydrogens (primary N) is 1. The molecule has 0 spiro atoms. The highest BCUT2D eigenvalue weighted by Gasteiger charge is 2.27. The summed E-state index contributed by atoms with van der Waals surface area (Å²) in [7, 11) is 0. The SMILES string of the molecule is CCc1nc2cc(N)ccc2n1CC(CC)(CC)SC. The first-order chi connectivity index (χ1) is 9.59. The summed E-state index contributed by atoms with van der Waals surface area (Å²) in [5.41, 5.74) is 8.88. The molecule has 0 aliphatic heterocycles. The minimum atomic E-state index is 0.291. The van der Waals surface area contributed by atoms with Crippen molar-refractivity contribution >= 4 is 28.5 Å². The molecule has 0 aliphatic carbocycles. The lowest BCUT2D eigenvalue weighted by molar-refractivity contribution is 0.464. The van der Waals surface area contributed by atoms with Crippen molar-refractivity contribution in [1.82, 2.24) is 9.55 Å². The Hall–Kier alpha value is -1.16. The second-order valence-electron chi connectivity index (χ2n) is 5.31. The van der Waals surface area contributed by atoms with Gasteiger partial charge in [-0.15, -0.1) is 0 Å². The summed E-state index contributed by atoms with van der Waals surface area (Å²) in [5, 5.41) is 0. The molecule has 0 fully saturated rings. The molecule has 0 aliphatic rings. The van der Waals surface area contributed by atoms with Crippen LogP contribution in [0.25, 0.3) is 11.0 Å². The molecular weight excluding hydrogens is 266 g/mol. The number of hydrogen-bond donors (Lipinski definition) is 1. The minimum Gasteiger partial charge on any atom is -0.399 e. The number of imidazole rings is 1. The first-order valence-electron chi connectivity index (χ1n) is 7.39. The first kappa shape index (κ1) is 15.2. The van der Waals surface area contributed by atoms with Gasteiger partial charge in [-0.3, -0.25) is 0 Å². The smallest absolute Gasteiger partial charge is 0.109 e. The fourth-order valence-corrected chi connectivity index (χ4v) is 3.59. The fourth-order valence-electron chi connectivity index (χ4n) is 2.76. The van der Waals surface area contributed by atoms with E-state index in [-0.39, 0.29) is 0 Å². The predicted octanol–water partition coefficient (Wildman–Crippen LogP) is 4.10. The van der Waals surface area contributed by atoms with Gasteiger partial charge in [0.25, 0.3) is 0 Å². The molecule has 1 heterocycles. The minimum absolute atomic E-state index is 0.291. The van der Waals surface area contributed by atoms with E-state index in [9.17, 15) is 0 Å². The van der Waals surface area contributed by atoms with Crippen molar-refractivity contribution in [2.45, 2.75) is 51.3 Å². The van der Waals surface area contributed by atoms with Crippen LogP contribution in [0.3, 0.4) is 0 Å². The van der Waals surface area contributed by atoms with Gasteiger partial charge >= 0.3 is 0 Å². The maximum absolute atomic E-state index is 5.88. The third-order valence-electron chi connectivity index (χ3n) is 4.34. The number of aromatic nitrogens is 2. The summed E-state index contributed by atoms with van der Waals surface area (Å²) in [4.78, 5) is 4.75. The van der Waals surface area contributed by atoms with Crippen LogP contribution in [0.1, 0.15) is 39.4 Å². The summed E-state index contributed by atoms with van der Waals surface area (Å²) < 4.78 is 2.68. The highest BCUT2D eigenvalue weighted by Crippen LogP contribution is 2.34. The Labute approximate surface area is 125 Å². The Balaban J connectivity index is 2.52. The average molecular weight is 291 g/mol. The number of benzene rings is 1. The molecule has 2 rings (SSSR count). The van der Waals surface area contributed by atoms with Crippen LogP contribution in [0.15, 0.2) is 18.2 Å². The van der Waals surface area contributed by atoms with Crippen LogP contribution in [0.2, 0.25) is 0 Å². The molecule has 1 aromatic heterocycles. The lowest BCUT2D eigenvalue weighted by atomic mass is 10.0. The van der Waals surface area contributed by atoms with Crippen molar-refractivity contribution in [3.8, 4) is 0 Å². The third kappa shape index (κ3) is 2.66. The number of nitrogen functional groups attached to an aromatic ring is 1. The molecule has 4 heteroatoms. The van der Waals surface area contributed by atoms with Gasteiger partial charge in [-0.2, -0.15) is 11.8 Å². The molecule has 1 aromatic carbocycles. The summed E-state index contributed by atoms with van der Waals surface area (Å²) in [5.74, 6) is 1.16. The number of thioether (sulfide) groups is 1. The van der Waals surface area contributed by atoms with Crippen LogP contribution in [-0.2, 0) is 13.0 Å². The predicted molar refractivity (Wildman–Crippen MR) is 90.4 cm³/mol. The van der Waals surface area contributed by atoms with Crippen molar-refractivity contribution in [3.63, 3.8) is 0 Å². The first-order valence-corrected chi connectivity index (χ1v) is 8.61. The normalized spacial score (nSPS) is 12.2. The topological polar surface area (TPSA) is 43.8 Å². The molecule has 0 saturated carbocycles. The largest absolute Gasteiger partial charge is 0.399 e. The quantitative estimate of drug-likeness (QED) is 0.815. The van der Waals surface area contributed by atoms with Crippen LogP contribution in [0.5, 0.6) is 0 Å². The van der Waals surface area contributed by atoms with Gasteiger partial charge in [0.2, 0.25) is 0 Å². The second kappa shape index (κ2) is 6.08. The van der Waals surface area contributed by atoms with Gasteiger partial charge in [0, 0.05) is 23.4 Å². The molecule has 0 radical (unpaired) electrons. The van der Waals surface area contributed by atoms with Crippen molar-refractivity contribution in [2.75, 3.05) is 12.0 Å². The Kier molecular flexibility index (Phi) is 4.63. The maximum atomic E-state index is 5.88. The van der Waals surface area contributed by atoms with E-state index in [2.05, 4.69) is 37.7 Å². The second-order valence-corrected chi connectivity index (χ2v) is 6.58. The number of fused-ring (bicyclic) bond motifs is 1. The summed E-state index contributed by atoms with van der Waals surface area (Å²) in [6.07, 6.45) is 5.51. The molecule has 0 atom stereocenters. The lowest BCUT2D eigenvalue weighted by Gasteiger charge is -2.31. The van der Waals surface area contributed by atoms with Gasteiger partial charge < -0.3 is 10.3 Å². The highest BCUT2D eigenvalue weighted by atomic mass is 32.2. The summed E-state index contributed by atoms with van der Waals surface area (Å²) in [6, 6.07) is 6.05. The van der Waals surface area contributed by atoms with Crippen LogP contribution >= 0.6 is 11.8 Å². The standard InChI is InChI=1S/C16H25N3S/c1-5-15-18-13-10-12(17)8-9-14(13)19(15)11-16(6-2,7-3)20-4/h8-10H,5-7,11,17H2,1-4H3. The number of anilines is 1. The van der Waals surface area contributed by atoms with E-state index >= 15 is 0 Å². The van der Waals surface area contributed by atoms with E-state index in [0.717, 1.165) is 30.0 Å². The van der Waals surface area contributed by atoms with Crippen molar-refractivity contribution in [3.05, 3.63) is 24.0 Å². The van der Waals surface area contributed by atoms with Crippen molar-refractivity contribution in [2.24, 2.45) is 0 Å². The molecule has 110 valence electrons. The van der Waals surface area contributed by atoms with E-state index < -0.39 is 0 Å². The van der Waals surface area contributed by atoms with Gasteiger partial charge in [-0.1, -0.05) is 20.8 Å². The molecule has 2 aromatic rings. The van der Waals surface area contributed by atoms with Crippen LogP contribution in [-0.4, -0.2) is 20.6 Å². The Morgan fingerprint density at radius 2 is 1.95 bits per heavy atom. The van der Waals surface area contributed by atoms with Gasteiger partial charge in [0.15, 0.2) is 0 Å². The Morgan fingerprint density at radius 3 is 2.50 bits per heavy atom. The van der Waals surface area contributed by atoms with Gasteiger partial charge in [-0.25, -0.2) is 4.98 Å². The van der Waals surface area contributed by atoms with Crippen LogP contribution < -0.4 is 5.73 Å². The molecule has 2 N–H and O–H groups in total.